The fourth-order valence-corrected chi connectivity index (χ4v) is 1.99. The van der Waals surface area contributed by atoms with Gasteiger partial charge in [-0.1, -0.05) is 0 Å². The van der Waals surface area contributed by atoms with E-state index in [1.54, 1.807) is 20.8 Å². The number of hydrogen-bond acceptors (Lipinski definition) is 5. The summed E-state index contributed by atoms with van der Waals surface area (Å²) in [5.74, 6) is -0.716. The normalized spacial score (nSPS) is 24.2. The SMILES string of the molecule is COC(=O)[C@@H]1CCOCC[C@H]1NC(=O)OC(C)(C)C. The molecule has 110 valence electrons. The minimum absolute atomic E-state index is 0.315. The molecule has 6 nitrogen and oxygen atoms in total. The van der Waals surface area contributed by atoms with Crippen molar-refractivity contribution in [1.82, 2.24) is 5.32 Å². The van der Waals surface area contributed by atoms with E-state index in [9.17, 15) is 9.59 Å². The Labute approximate surface area is 113 Å². The minimum atomic E-state index is -0.563. The molecular weight excluding hydrogens is 250 g/mol. The molecule has 19 heavy (non-hydrogen) atoms. The number of carbonyl (C=O) groups is 2. The lowest BCUT2D eigenvalue weighted by Gasteiger charge is -2.26. The van der Waals surface area contributed by atoms with Gasteiger partial charge >= 0.3 is 12.1 Å². The van der Waals surface area contributed by atoms with Crippen LogP contribution in [0.3, 0.4) is 0 Å². The minimum Gasteiger partial charge on any atom is -0.469 e. The van der Waals surface area contributed by atoms with E-state index in [1.165, 1.54) is 7.11 Å². The van der Waals surface area contributed by atoms with Crippen LogP contribution in [0.2, 0.25) is 0 Å². The number of alkyl carbamates (subject to hydrolysis) is 1. The summed E-state index contributed by atoms with van der Waals surface area (Å²) in [4.78, 5) is 23.5. The molecule has 1 saturated heterocycles. The number of ether oxygens (including phenoxy) is 3. The van der Waals surface area contributed by atoms with Crippen LogP contribution in [0.5, 0.6) is 0 Å². The summed E-state index contributed by atoms with van der Waals surface area (Å²) >= 11 is 0. The van der Waals surface area contributed by atoms with Gasteiger partial charge in [-0.25, -0.2) is 4.79 Å². The van der Waals surface area contributed by atoms with Gasteiger partial charge in [-0.05, 0) is 33.6 Å². The third-order valence-corrected chi connectivity index (χ3v) is 2.84. The second-order valence-corrected chi connectivity index (χ2v) is 5.57. The summed E-state index contributed by atoms with van der Waals surface area (Å²) < 4.78 is 15.3. The van der Waals surface area contributed by atoms with Crippen molar-refractivity contribution in [2.45, 2.75) is 45.3 Å². The number of esters is 1. The maximum Gasteiger partial charge on any atom is 0.407 e. The quantitative estimate of drug-likeness (QED) is 0.771. The molecule has 1 fully saturated rings. The summed E-state index contributed by atoms with van der Waals surface area (Å²) in [6, 6.07) is -0.315. The number of methoxy groups -OCH3 is 1. The predicted octanol–water partition coefficient (Wildman–Crippen LogP) is 1.48. The molecule has 0 spiro atoms. The van der Waals surface area contributed by atoms with Crippen LogP contribution in [0.25, 0.3) is 0 Å². The van der Waals surface area contributed by atoms with Crippen molar-refractivity contribution < 1.29 is 23.8 Å². The fraction of sp³-hybridized carbons (Fsp3) is 0.846. The van der Waals surface area contributed by atoms with E-state index in [1.807, 2.05) is 0 Å². The lowest BCUT2D eigenvalue weighted by atomic mass is 9.95. The van der Waals surface area contributed by atoms with E-state index >= 15 is 0 Å². The smallest absolute Gasteiger partial charge is 0.407 e. The highest BCUT2D eigenvalue weighted by Crippen LogP contribution is 2.19. The average molecular weight is 273 g/mol. The molecule has 1 amide bonds. The molecular formula is C13H23NO5. The van der Waals surface area contributed by atoms with Gasteiger partial charge in [0.2, 0.25) is 0 Å². The van der Waals surface area contributed by atoms with Crippen LogP contribution in [0.4, 0.5) is 4.79 Å². The average Bonchev–Trinajstić information content (AvgIpc) is 2.51. The van der Waals surface area contributed by atoms with Gasteiger partial charge in [0.25, 0.3) is 0 Å². The van der Waals surface area contributed by atoms with Crippen LogP contribution < -0.4 is 5.32 Å². The molecule has 0 aromatic carbocycles. The largest absolute Gasteiger partial charge is 0.469 e. The maximum atomic E-state index is 11.8. The number of hydrogen-bond donors (Lipinski definition) is 1. The third-order valence-electron chi connectivity index (χ3n) is 2.84. The summed E-state index contributed by atoms with van der Waals surface area (Å²) in [5, 5.41) is 2.74. The molecule has 0 radical (unpaired) electrons. The third kappa shape index (κ3) is 5.46. The lowest BCUT2D eigenvalue weighted by molar-refractivity contribution is -0.146. The van der Waals surface area contributed by atoms with Crippen LogP contribution in [-0.4, -0.2) is 44.0 Å². The Bertz CT molecular complexity index is 323. The summed E-state index contributed by atoms with van der Waals surface area (Å²) in [5.41, 5.74) is -0.563. The van der Waals surface area contributed by atoms with Crippen molar-refractivity contribution in [3.05, 3.63) is 0 Å². The van der Waals surface area contributed by atoms with Crippen molar-refractivity contribution >= 4 is 12.1 Å². The van der Waals surface area contributed by atoms with Crippen LogP contribution in [0.15, 0.2) is 0 Å². The van der Waals surface area contributed by atoms with Gasteiger partial charge in [-0.2, -0.15) is 0 Å². The topological polar surface area (TPSA) is 73.9 Å². The van der Waals surface area contributed by atoms with E-state index in [0.29, 0.717) is 26.1 Å². The summed E-state index contributed by atoms with van der Waals surface area (Å²) in [6.07, 6.45) is 0.583. The number of carbonyl (C=O) groups excluding carboxylic acids is 2. The molecule has 6 heteroatoms. The zero-order valence-electron chi connectivity index (χ0n) is 12.0. The van der Waals surface area contributed by atoms with Crippen LogP contribution >= 0.6 is 0 Å². The molecule has 0 unspecified atom stereocenters. The van der Waals surface area contributed by atoms with Crippen LogP contribution in [0.1, 0.15) is 33.6 Å². The molecule has 0 saturated carbocycles. The number of nitrogens with one attached hydrogen (secondary N) is 1. The first-order valence-corrected chi connectivity index (χ1v) is 6.48. The molecule has 1 N–H and O–H groups in total. The second kappa shape index (κ2) is 6.75. The van der Waals surface area contributed by atoms with Crippen molar-refractivity contribution in [2.24, 2.45) is 5.92 Å². The molecule has 0 aromatic rings. The van der Waals surface area contributed by atoms with E-state index in [4.69, 9.17) is 14.2 Å². The Morgan fingerprint density at radius 3 is 2.42 bits per heavy atom. The highest BCUT2D eigenvalue weighted by Gasteiger charge is 2.33. The predicted molar refractivity (Wildman–Crippen MR) is 68.7 cm³/mol. The fourth-order valence-electron chi connectivity index (χ4n) is 1.99. The molecule has 2 atom stereocenters. The molecule has 0 aliphatic carbocycles. The molecule has 0 bridgehead atoms. The molecule has 0 aromatic heterocycles. The Morgan fingerprint density at radius 1 is 1.21 bits per heavy atom. The maximum absolute atomic E-state index is 11.8. The zero-order valence-corrected chi connectivity index (χ0v) is 12.0. The Kier molecular flexibility index (Phi) is 5.60. The van der Waals surface area contributed by atoms with Crippen molar-refractivity contribution in [3.8, 4) is 0 Å². The Balaban J connectivity index is 2.65. The van der Waals surface area contributed by atoms with E-state index < -0.39 is 11.7 Å². The van der Waals surface area contributed by atoms with Crippen LogP contribution in [-0.2, 0) is 19.0 Å². The van der Waals surface area contributed by atoms with Gasteiger partial charge in [0, 0.05) is 19.3 Å². The first-order chi connectivity index (χ1) is 8.83. The highest BCUT2D eigenvalue weighted by molar-refractivity contribution is 5.75. The molecule has 1 aliphatic heterocycles. The van der Waals surface area contributed by atoms with Gasteiger partial charge < -0.3 is 19.5 Å². The van der Waals surface area contributed by atoms with E-state index in [2.05, 4.69) is 5.32 Å². The summed E-state index contributed by atoms with van der Waals surface area (Å²) in [7, 11) is 1.35. The first kappa shape index (κ1) is 15.8. The standard InChI is InChI=1S/C13H23NO5/c1-13(2,3)19-12(16)14-10-6-8-18-7-5-9(10)11(15)17-4/h9-10H,5-8H2,1-4H3,(H,14,16)/t9-,10-/m1/s1. The molecule has 1 aliphatic rings. The first-order valence-electron chi connectivity index (χ1n) is 6.48. The van der Waals surface area contributed by atoms with E-state index in [-0.39, 0.29) is 17.9 Å². The van der Waals surface area contributed by atoms with Gasteiger partial charge in [0.05, 0.1) is 13.0 Å². The zero-order chi connectivity index (χ0) is 14.5. The highest BCUT2D eigenvalue weighted by atomic mass is 16.6. The molecule has 1 heterocycles. The van der Waals surface area contributed by atoms with Crippen LogP contribution in [0, 0.1) is 5.92 Å². The Hall–Kier alpha value is -1.30. The molecule has 1 rings (SSSR count). The van der Waals surface area contributed by atoms with E-state index in [0.717, 1.165) is 0 Å². The summed E-state index contributed by atoms with van der Waals surface area (Å²) in [6.45, 7) is 6.38. The van der Waals surface area contributed by atoms with Crippen molar-refractivity contribution in [2.75, 3.05) is 20.3 Å². The van der Waals surface area contributed by atoms with Crippen molar-refractivity contribution in [3.63, 3.8) is 0 Å². The number of amides is 1. The second-order valence-electron chi connectivity index (χ2n) is 5.57. The Morgan fingerprint density at radius 2 is 1.84 bits per heavy atom. The van der Waals surface area contributed by atoms with Crippen molar-refractivity contribution in [1.29, 1.82) is 0 Å². The number of rotatable bonds is 2. The van der Waals surface area contributed by atoms with Gasteiger partial charge in [0.15, 0.2) is 0 Å². The van der Waals surface area contributed by atoms with Gasteiger partial charge in [0.1, 0.15) is 5.60 Å². The lowest BCUT2D eigenvalue weighted by Crippen LogP contribution is -2.45. The van der Waals surface area contributed by atoms with Gasteiger partial charge in [-0.15, -0.1) is 0 Å². The van der Waals surface area contributed by atoms with Gasteiger partial charge in [-0.3, -0.25) is 4.79 Å². The monoisotopic (exact) mass is 273 g/mol.